The minimum absolute atomic E-state index is 0.108. The molecule has 0 aromatic rings. The SMILES string of the molecule is CN(CCOCCO)CC(F)(F)F. The Balaban J connectivity index is 3.35. The zero-order valence-corrected chi connectivity index (χ0v) is 7.47. The predicted molar refractivity (Wildman–Crippen MR) is 41.5 cm³/mol. The van der Waals surface area contributed by atoms with Crippen LogP contribution in [0.1, 0.15) is 0 Å². The summed E-state index contributed by atoms with van der Waals surface area (Å²) in [5.74, 6) is 0. The maximum absolute atomic E-state index is 11.8. The molecule has 0 aliphatic rings. The molecule has 0 atom stereocenters. The molecule has 1 N–H and O–H groups in total. The first kappa shape index (κ1) is 12.7. The van der Waals surface area contributed by atoms with Gasteiger partial charge in [-0.05, 0) is 7.05 Å². The summed E-state index contributed by atoms with van der Waals surface area (Å²) in [6, 6.07) is 0. The van der Waals surface area contributed by atoms with E-state index in [4.69, 9.17) is 9.84 Å². The van der Waals surface area contributed by atoms with E-state index in [-0.39, 0.29) is 26.4 Å². The minimum Gasteiger partial charge on any atom is -0.394 e. The topological polar surface area (TPSA) is 32.7 Å². The van der Waals surface area contributed by atoms with Gasteiger partial charge < -0.3 is 9.84 Å². The maximum atomic E-state index is 11.8. The Morgan fingerprint density at radius 2 is 1.92 bits per heavy atom. The van der Waals surface area contributed by atoms with Crippen molar-refractivity contribution in [3.05, 3.63) is 0 Å². The van der Waals surface area contributed by atoms with Crippen LogP contribution in [-0.4, -0.2) is 56.1 Å². The Morgan fingerprint density at radius 1 is 1.31 bits per heavy atom. The third kappa shape index (κ3) is 9.59. The fourth-order valence-corrected chi connectivity index (χ4v) is 0.772. The molecule has 0 bridgehead atoms. The first-order valence-corrected chi connectivity index (χ1v) is 3.89. The van der Waals surface area contributed by atoms with Gasteiger partial charge in [-0.25, -0.2) is 0 Å². The molecule has 0 aliphatic heterocycles. The lowest BCUT2D eigenvalue weighted by molar-refractivity contribution is -0.144. The monoisotopic (exact) mass is 201 g/mol. The molecule has 6 heteroatoms. The van der Waals surface area contributed by atoms with Gasteiger partial charge in [0.2, 0.25) is 0 Å². The molecule has 0 heterocycles. The molecule has 0 aromatic heterocycles. The van der Waals surface area contributed by atoms with Gasteiger partial charge in [-0.3, -0.25) is 4.90 Å². The zero-order chi connectivity index (χ0) is 10.3. The highest BCUT2D eigenvalue weighted by Gasteiger charge is 2.28. The van der Waals surface area contributed by atoms with Crippen LogP contribution in [0.2, 0.25) is 0 Å². The van der Waals surface area contributed by atoms with E-state index in [1.54, 1.807) is 0 Å². The number of halogens is 3. The van der Waals surface area contributed by atoms with Crippen LogP contribution in [0.4, 0.5) is 13.2 Å². The standard InChI is InChI=1S/C7H14F3NO2/c1-11(6-7(8,9)10)2-4-13-5-3-12/h12H,2-6H2,1H3. The van der Waals surface area contributed by atoms with E-state index >= 15 is 0 Å². The van der Waals surface area contributed by atoms with Crippen LogP contribution in [0.5, 0.6) is 0 Å². The summed E-state index contributed by atoms with van der Waals surface area (Å²) in [4.78, 5) is 1.12. The molecule has 0 unspecified atom stereocenters. The van der Waals surface area contributed by atoms with Crippen molar-refractivity contribution in [1.29, 1.82) is 0 Å². The van der Waals surface area contributed by atoms with Crippen molar-refractivity contribution in [1.82, 2.24) is 4.90 Å². The molecule has 0 radical (unpaired) electrons. The van der Waals surface area contributed by atoms with Crippen molar-refractivity contribution in [3.63, 3.8) is 0 Å². The molecule has 0 amide bonds. The zero-order valence-electron chi connectivity index (χ0n) is 7.47. The van der Waals surface area contributed by atoms with Crippen molar-refractivity contribution < 1.29 is 23.0 Å². The molecule has 0 saturated carbocycles. The average Bonchev–Trinajstić information content (AvgIpc) is 1.94. The number of ether oxygens (including phenoxy) is 1. The lowest BCUT2D eigenvalue weighted by Crippen LogP contribution is -2.33. The molecule has 0 spiro atoms. The summed E-state index contributed by atoms with van der Waals surface area (Å²) >= 11 is 0. The van der Waals surface area contributed by atoms with Crippen molar-refractivity contribution in [2.24, 2.45) is 0 Å². The Bertz CT molecular complexity index is 129. The second kappa shape index (κ2) is 6.17. The van der Waals surface area contributed by atoms with Gasteiger partial charge in [0.15, 0.2) is 0 Å². The number of aliphatic hydroxyl groups excluding tert-OH is 1. The quantitative estimate of drug-likeness (QED) is 0.635. The predicted octanol–water partition coefficient (Wildman–Crippen LogP) is 0.489. The van der Waals surface area contributed by atoms with E-state index in [9.17, 15) is 13.2 Å². The highest BCUT2D eigenvalue weighted by Crippen LogP contribution is 2.14. The van der Waals surface area contributed by atoms with Crippen LogP contribution in [0, 0.1) is 0 Å². The van der Waals surface area contributed by atoms with Gasteiger partial charge in [-0.15, -0.1) is 0 Å². The van der Waals surface area contributed by atoms with Gasteiger partial charge in [0.1, 0.15) is 0 Å². The van der Waals surface area contributed by atoms with Crippen LogP contribution in [0.25, 0.3) is 0 Å². The Labute approximate surface area is 75.1 Å². The maximum Gasteiger partial charge on any atom is 0.401 e. The van der Waals surface area contributed by atoms with Crippen molar-refractivity contribution in [2.75, 3.05) is 40.0 Å². The van der Waals surface area contributed by atoms with E-state index in [2.05, 4.69) is 0 Å². The highest BCUT2D eigenvalue weighted by atomic mass is 19.4. The van der Waals surface area contributed by atoms with E-state index in [1.165, 1.54) is 7.05 Å². The Kier molecular flexibility index (Phi) is 6.02. The molecular weight excluding hydrogens is 187 g/mol. The lowest BCUT2D eigenvalue weighted by atomic mass is 10.5. The molecule has 0 aliphatic carbocycles. The molecule has 0 fully saturated rings. The fourth-order valence-electron chi connectivity index (χ4n) is 0.772. The molecule has 80 valence electrons. The largest absolute Gasteiger partial charge is 0.401 e. The smallest absolute Gasteiger partial charge is 0.394 e. The van der Waals surface area contributed by atoms with Crippen LogP contribution in [0.15, 0.2) is 0 Å². The van der Waals surface area contributed by atoms with Crippen LogP contribution in [0.3, 0.4) is 0 Å². The highest BCUT2D eigenvalue weighted by molar-refractivity contribution is 4.57. The minimum atomic E-state index is -4.16. The lowest BCUT2D eigenvalue weighted by Gasteiger charge is -2.17. The average molecular weight is 201 g/mol. The molecular formula is C7H14F3NO2. The van der Waals surface area contributed by atoms with Crippen LogP contribution in [-0.2, 0) is 4.74 Å². The summed E-state index contributed by atoms with van der Waals surface area (Å²) < 4.78 is 40.1. The molecule has 0 rings (SSSR count). The summed E-state index contributed by atoms with van der Waals surface area (Å²) in [5.41, 5.74) is 0. The Hall–Kier alpha value is -0.330. The van der Waals surface area contributed by atoms with Crippen LogP contribution >= 0.6 is 0 Å². The number of alkyl halides is 3. The van der Waals surface area contributed by atoms with Crippen molar-refractivity contribution >= 4 is 0 Å². The van der Waals surface area contributed by atoms with Gasteiger partial charge in [0.05, 0.1) is 26.4 Å². The van der Waals surface area contributed by atoms with E-state index in [0.29, 0.717) is 0 Å². The molecule has 13 heavy (non-hydrogen) atoms. The number of aliphatic hydroxyl groups is 1. The normalized spacial score (nSPS) is 12.5. The van der Waals surface area contributed by atoms with E-state index < -0.39 is 12.7 Å². The van der Waals surface area contributed by atoms with Gasteiger partial charge in [0, 0.05) is 6.54 Å². The first-order chi connectivity index (χ1) is 5.95. The fraction of sp³-hybridized carbons (Fsp3) is 1.00. The second-order valence-corrected chi connectivity index (χ2v) is 2.69. The number of hydrogen-bond acceptors (Lipinski definition) is 3. The van der Waals surface area contributed by atoms with Crippen LogP contribution < -0.4 is 0 Å². The first-order valence-electron chi connectivity index (χ1n) is 3.89. The van der Waals surface area contributed by atoms with Gasteiger partial charge in [-0.2, -0.15) is 13.2 Å². The summed E-state index contributed by atoms with van der Waals surface area (Å²) in [6.07, 6.45) is -4.16. The Morgan fingerprint density at radius 3 is 2.38 bits per heavy atom. The second-order valence-electron chi connectivity index (χ2n) is 2.69. The van der Waals surface area contributed by atoms with Crippen molar-refractivity contribution in [3.8, 4) is 0 Å². The van der Waals surface area contributed by atoms with E-state index in [0.717, 1.165) is 4.90 Å². The number of likely N-dealkylation sites (N-methyl/N-ethyl adjacent to an activating group) is 1. The number of nitrogens with zero attached hydrogens (tertiary/aromatic N) is 1. The molecule has 3 nitrogen and oxygen atoms in total. The molecule has 0 aromatic carbocycles. The summed E-state index contributed by atoms with van der Waals surface area (Å²) in [7, 11) is 1.37. The summed E-state index contributed by atoms with van der Waals surface area (Å²) in [5, 5.41) is 8.30. The van der Waals surface area contributed by atoms with Gasteiger partial charge in [-0.1, -0.05) is 0 Å². The molecule has 0 saturated heterocycles. The number of hydrogen-bond donors (Lipinski definition) is 1. The van der Waals surface area contributed by atoms with Crippen molar-refractivity contribution in [2.45, 2.75) is 6.18 Å². The van der Waals surface area contributed by atoms with E-state index in [1.807, 2.05) is 0 Å². The number of rotatable bonds is 6. The third-order valence-electron chi connectivity index (χ3n) is 1.30. The van der Waals surface area contributed by atoms with Gasteiger partial charge >= 0.3 is 6.18 Å². The van der Waals surface area contributed by atoms with Gasteiger partial charge in [0.25, 0.3) is 0 Å². The summed E-state index contributed by atoms with van der Waals surface area (Å²) in [6.45, 7) is -0.467. The third-order valence-corrected chi connectivity index (χ3v) is 1.30.